The Labute approximate surface area is 73.3 Å². The van der Waals surface area contributed by atoms with Crippen LogP contribution in [0.2, 0.25) is 0 Å². The Bertz CT molecular complexity index is 247. The minimum Gasteiger partial charge on any atom is -0.383 e. The molecule has 0 aromatic heterocycles. The van der Waals surface area contributed by atoms with Gasteiger partial charge in [0.25, 0.3) is 0 Å². The summed E-state index contributed by atoms with van der Waals surface area (Å²) in [4.78, 5) is 0. The molecule has 2 heteroatoms. The molecule has 0 heterocycles. The van der Waals surface area contributed by atoms with E-state index in [2.05, 4.69) is 19.1 Å². The van der Waals surface area contributed by atoms with Crippen LogP contribution in [-0.4, -0.2) is 13.7 Å². The van der Waals surface area contributed by atoms with Gasteiger partial charge in [0.15, 0.2) is 0 Å². The SMILES string of the molecule is COC[C@H](N)c1cccc(C)c1. The van der Waals surface area contributed by atoms with Crippen molar-refractivity contribution in [3.63, 3.8) is 0 Å². The zero-order chi connectivity index (χ0) is 8.97. The maximum atomic E-state index is 5.85. The van der Waals surface area contributed by atoms with Crippen molar-refractivity contribution < 1.29 is 4.74 Å². The van der Waals surface area contributed by atoms with Crippen LogP contribution in [0.5, 0.6) is 0 Å². The van der Waals surface area contributed by atoms with Gasteiger partial charge in [0.1, 0.15) is 0 Å². The van der Waals surface area contributed by atoms with Crippen LogP contribution in [0.3, 0.4) is 0 Å². The molecule has 2 N–H and O–H groups in total. The molecule has 66 valence electrons. The van der Waals surface area contributed by atoms with Gasteiger partial charge >= 0.3 is 0 Å². The van der Waals surface area contributed by atoms with Crippen LogP contribution in [0, 0.1) is 6.92 Å². The highest BCUT2D eigenvalue weighted by molar-refractivity contribution is 5.24. The minimum atomic E-state index is -0.00472. The molecule has 1 aromatic rings. The van der Waals surface area contributed by atoms with Crippen molar-refractivity contribution in [1.29, 1.82) is 0 Å². The lowest BCUT2D eigenvalue weighted by Gasteiger charge is -2.10. The lowest BCUT2D eigenvalue weighted by atomic mass is 10.1. The molecule has 1 rings (SSSR count). The number of benzene rings is 1. The second-order valence-corrected chi connectivity index (χ2v) is 2.98. The molecule has 2 nitrogen and oxygen atoms in total. The topological polar surface area (TPSA) is 35.2 Å². The Balaban J connectivity index is 2.73. The molecule has 0 unspecified atom stereocenters. The van der Waals surface area contributed by atoms with Crippen molar-refractivity contribution >= 4 is 0 Å². The first kappa shape index (κ1) is 9.23. The maximum Gasteiger partial charge on any atom is 0.0655 e. The molecule has 0 amide bonds. The quantitative estimate of drug-likeness (QED) is 0.739. The van der Waals surface area contributed by atoms with Crippen LogP contribution < -0.4 is 5.73 Å². The van der Waals surface area contributed by atoms with Gasteiger partial charge in [0.05, 0.1) is 12.6 Å². The summed E-state index contributed by atoms with van der Waals surface area (Å²) in [5, 5.41) is 0. The predicted molar refractivity (Wildman–Crippen MR) is 50.0 cm³/mol. The molecular formula is C10H15NO. The van der Waals surface area contributed by atoms with Crippen LogP contribution in [-0.2, 0) is 4.74 Å². The molecule has 0 aliphatic rings. The summed E-state index contributed by atoms with van der Waals surface area (Å²) < 4.78 is 4.97. The fraction of sp³-hybridized carbons (Fsp3) is 0.400. The van der Waals surface area contributed by atoms with Crippen molar-refractivity contribution in [2.75, 3.05) is 13.7 Å². The zero-order valence-electron chi connectivity index (χ0n) is 7.58. The van der Waals surface area contributed by atoms with Crippen LogP contribution in [0.25, 0.3) is 0 Å². The first-order valence-electron chi connectivity index (χ1n) is 4.05. The van der Waals surface area contributed by atoms with E-state index in [4.69, 9.17) is 10.5 Å². The zero-order valence-corrected chi connectivity index (χ0v) is 7.58. The van der Waals surface area contributed by atoms with Gasteiger partial charge in [-0.05, 0) is 12.5 Å². The highest BCUT2D eigenvalue weighted by Crippen LogP contribution is 2.11. The molecule has 0 aliphatic carbocycles. The van der Waals surface area contributed by atoms with E-state index < -0.39 is 0 Å². The average molecular weight is 165 g/mol. The van der Waals surface area contributed by atoms with Crippen LogP contribution in [0.4, 0.5) is 0 Å². The van der Waals surface area contributed by atoms with Crippen molar-refractivity contribution in [1.82, 2.24) is 0 Å². The number of nitrogens with two attached hydrogens (primary N) is 1. The maximum absolute atomic E-state index is 5.85. The van der Waals surface area contributed by atoms with E-state index in [9.17, 15) is 0 Å². The summed E-state index contributed by atoms with van der Waals surface area (Å²) in [5.41, 5.74) is 8.22. The Morgan fingerprint density at radius 3 is 2.83 bits per heavy atom. The van der Waals surface area contributed by atoms with E-state index >= 15 is 0 Å². The molecule has 0 bridgehead atoms. The van der Waals surface area contributed by atoms with Crippen molar-refractivity contribution in [3.05, 3.63) is 35.4 Å². The highest BCUT2D eigenvalue weighted by atomic mass is 16.5. The number of hydrogen-bond acceptors (Lipinski definition) is 2. The molecular weight excluding hydrogens is 150 g/mol. The van der Waals surface area contributed by atoms with Gasteiger partial charge in [-0.1, -0.05) is 29.8 Å². The molecule has 0 radical (unpaired) electrons. The van der Waals surface area contributed by atoms with Crippen LogP contribution in [0.1, 0.15) is 17.2 Å². The molecule has 1 aromatic carbocycles. The van der Waals surface area contributed by atoms with E-state index in [0.717, 1.165) is 5.56 Å². The highest BCUT2D eigenvalue weighted by Gasteiger charge is 2.03. The summed E-state index contributed by atoms with van der Waals surface area (Å²) in [7, 11) is 1.66. The predicted octanol–water partition coefficient (Wildman–Crippen LogP) is 1.64. The Hall–Kier alpha value is -0.860. The standard InChI is InChI=1S/C10H15NO/c1-8-4-3-5-9(6-8)10(11)7-12-2/h3-6,10H,7,11H2,1-2H3/t10-/m0/s1. The molecule has 0 saturated carbocycles. The van der Waals surface area contributed by atoms with Gasteiger partial charge in [0.2, 0.25) is 0 Å². The number of ether oxygens (including phenoxy) is 1. The normalized spacial score (nSPS) is 12.9. The first-order valence-corrected chi connectivity index (χ1v) is 4.05. The lowest BCUT2D eigenvalue weighted by Crippen LogP contribution is -2.15. The summed E-state index contributed by atoms with van der Waals surface area (Å²) in [6.45, 7) is 2.63. The van der Waals surface area contributed by atoms with E-state index in [1.165, 1.54) is 5.56 Å². The summed E-state index contributed by atoms with van der Waals surface area (Å²) in [6, 6.07) is 8.18. The van der Waals surface area contributed by atoms with Gasteiger partial charge in [-0.3, -0.25) is 0 Å². The third kappa shape index (κ3) is 2.32. The second kappa shape index (κ2) is 4.24. The molecule has 12 heavy (non-hydrogen) atoms. The lowest BCUT2D eigenvalue weighted by molar-refractivity contribution is 0.181. The number of methoxy groups -OCH3 is 1. The average Bonchev–Trinajstić information content (AvgIpc) is 2.05. The first-order chi connectivity index (χ1) is 5.74. The van der Waals surface area contributed by atoms with E-state index in [0.29, 0.717) is 6.61 Å². The van der Waals surface area contributed by atoms with Crippen molar-refractivity contribution in [3.8, 4) is 0 Å². The van der Waals surface area contributed by atoms with Gasteiger partial charge < -0.3 is 10.5 Å². The summed E-state index contributed by atoms with van der Waals surface area (Å²) in [5.74, 6) is 0. The molecule has 0 aliphatic heterocycles. The van der Waals surface area contributed by atoms with Crippen molar-refractivity contribution in [2.45, 2.75) is 13.0 Å². The number of aryl methyl sites for hydroxylation is 1. The monoisotopic (exact) mass is 165 g/mol. The Morgan fingerprint density at radius 1 is 1.50 bits per heavy atom. The largest absolute Gasteiger partial charge is 0.383 e. The van der Waals surface area contributed by atoms with Gasteiger partial charge in [-0.2, -0.15) is 0 Å². The van der Waals surface area contributed by atoms with E-state index in [-0.39, 0.29) is 6.04 Å². The van der Waals surface area contributed by atoms with Gasteiger partial charge in [-0.15, -0.1) is 0 Å². The number of hydrogen-bond donors (Lipinski definition) is 1. The molecule has 0 spiro atoms. The minimum absolute atomic E-state index is 0.00472. The fourth-order valence-corrected chi connectivity index (χ4v) is 1.18. The molecule has 0 saturated heterocycles. The smallest absolute Gasteiger partial charge is 0.0655 e. The number of rotatable bonds is 3. The van der Waals surface area contributed by atoms with Crippen molar-refractivity contribution in [2.24, 2.45) is 5.73 Å². The third-order valence-corrected chi connectivity index (χ3v) is 1.82. The molecule has 0 fully saturated rings. The Morgan fingerprint density at radius 2 is 2.25 bits per heavy atom. The Kier molecular flexibility index (Phi) is 3.26. The summed E-state index contributed by atoms with van der Waals surface area (Å²) in [6.07, 6.45) is 0. The summed E-state index contributed by atoms with van der Waals surface area (Å²) >= 11 is 0. The van der Waals surface area contributed by atoms with Gasteiger partial charge in [0, 0.05) is 7.11 Å². The van der Waals surface area contributed by atoms with E-state index in [1.54, 1.807) is 7.11 Å². The second-order valence-electron chi connectivity index (χ2n) is 2.98. The van der Waals surface area contributed by atoms with E-state index in [1.807, 2.05) is 12.1 Å². The molecule has 1 atom stereocenters. The third-order valence-electron chi connectivity index (χ3n) is 1.82. The van der Waals surface area contributed by atoms with Gasteiger partial charge in [-0.25, -0.2) is 0 Å². The van der Waals surface area contributed by atoms with Crippen LogP contribution >= 0.6 is 0 Å². The van der Waals surface area contributed by atoms with Crippen LogP contribution in [0.15, 0.2) is 24.3 Å². The fourth-order valence-electron chi connectivity index (χ4n) is 1.18.